The third-order valence-electron chi connectivity index (χ3n) is 9.47. The van der Waals surface area contributed by atoms with Gasteiger partial charge in [-0.2, -0.15) is 0 Å². The molecular weight excluding hydrogens is 316 g/mol. The lowest BCUT2D eigenvalue weighted by molar-refractivity contribution is -0.192. The van der Waals surface area contributed by atoms with Crippen LogP contribution in [0, 0.1) is 28.1 Å². The Morgan fingerprint density at radius 2 is 1.68 bits per heavy atom. The van der Waals surface area contributed by atoms with Gasteiger partial charge in [-0.15, -0.1) is 0 Å². The Morgan fingerprint density at radius 3 is 2.32 bits per heavy atom. The Hall–Kier alpha value is -0.610. The number of fused-ring (bicyclic) bond motifs is 3. The summed E-state index contributed by atoms with van der Waals surface area (Å²) in [6, 6.07) is 0. The second-order valence-corrected chi connectivity index (χ2v) is 10.5. The molecule has 0 saturated heterocycles. The third-order valence-corrected chi connectivity index (χ3v) is 9.47. The highest BCUT2D eigenvalue weighted by Crippen LogP contribution is 2.74. The van der Waals surface area contributed by atoms with E-state index in [0.717, 1.165) is 57.8 Å². The second kappa shape index (κ2) is 5.01. The Balaban J connectivity index is 1.75. The maximum Gasteiger partial charge on any atom is 0.309 e. The number of hydrogen-bond donors (Lipinski definition) is 2. The number of carbonyl (C=O) groups is 1. The van der Waals surface area contributed by atoms with Gasteiger partial charge in [-0.25, -0.2) is 0 Å². The van der Waals surface area contributed by atoms with Crippen LogP contribution < -0.4 is 0 Å². The summed E-state index contributed by atoms with van der Waals surface area (Å²) in [5.41, 5.74) is -1.57. The summed E-state index contributed by atoms with van der Waals surface area (Å²) in [7, 11) is 1.75. The Morgan fingerprint density at radius 1 is 1.00 bits per heavy atom. The van der Waals surface area contributed by atoms with Crippen LogP contribution in [0.25, 0.3) is 0 Å². The molecule has 142 valence electrons. The van der Waals surface area contributed by atoms with Gasteiger partial charge in [0.2, 0.25) is 0 Å². The molecule has 4 rings (SSSR count). The number of ether oxygens (including phenoxy) is 1. The predicted molar refractivity (Wildman–Crippen MR) is 95.2 cm³/mol. The van der Waals surface area contributed by atoms with Crippen LogP contribution in [0.4, 0.5) is 0 Å². The van der Waals surface area contributed by atoms with Crippen molar-refractivity contribution >= 4 is 5.97 Å². The fourth-order valence-corrected chi connectivity index (χ4v) is 8.40. The van der Waals surface area contributed by atoms with Gasteiger partial charge in [0.15, 0.2) is 0 Å². The van der Waals surface area contributed by atoms with E-state index in [1.807, 2.05) is 13.8 Å². The van der Waals surface area contributed by atoms with Crippen LogP contribution in [0.5, 0.6) is 0 Å². The molecule has 4 aliphatic carbocycles. The van der Waals surface area contributed by atoms with E-state index < -0.39 is 22.6 Å². The molecular formula is C21H34O4. The lowest BCUT2D eigenvalue weighted by atomic mass is 9.41. The largest absolute Gasteiger partial charge is 0.481 e. The number of carboxylic acid groups (broad SMARTS) is 1. The van der Waals surface area contributed by atoms with Crippen molar-refractivity contribution in [2.75, 3.05) is 7.11 Å². The average Bonchev–Trinajstić information content (AvgIpc) is 2.69. The third kappa shape index (κ3) is 1.99. The first-order chi connectivity index (χ1) is 11.6. The minimum Gasteiger partial charge on any atom is -0.481 e. The molecule has 4 saturated carbocycles. The normalized spacial score (nSPS) is 57.6. The molecule has 0 aromatic rings. The van der Waals surface area contributed by atoms with Crippen molar-refractivity contribution in [2.45, 2.75) is 89.8 Å². The van der Waals surface area contributed by atoms with Gasteiger partial charge in [0, 0.05) is 7.11 Å². The highest BCUT2D eigenvalue weighted by molar-refractivity contribution is 5.75. The Kier molecular flexibility index (Phi) is 3.56. The zero-order valence-corrected chi connectivity index (χ0v) is 16.2. The van der Waals surface area contributed by atoms with E-state index in [9.17, 15) is 15.0 Å². The maximum absolute atomic E-state index is 12.1. The van der Waals surface area contributed by atoms with Crippen LogP contribution >= 0.6 is 0 Å². The fourth-order valence-electron chi connectivity index (χ4n) is 8.40. The smallest absolute Gasteiger partial charge is 0.309 e. The lowest BCUT2D eigenvalue weighted by Gasteiger charge is -2.63. The molecule has 0 heterocycles. The molecule has 4 aliphatic rings. The molecule has 2 N–H and O–H groups in total. The Bertz CT molecular complexity index is 601. The Labute approximate surface area is 151 Å². The van der Waals surface area contributed by atoms with Crippen LogP contribution in [0.15, 0.2) is 0 Å². The van der Waals surface area contributed by atoms with Crippen LogP contribution in [0.1, 0.15) is 78.6 Å². The molecule has 7 atom stereocenters. The molecule has 4 nitrogen and oxygen atoms in total. The predicted octanol–water partition coefficient (Wildman–Crippen LogP) is 4.00. The van der Waals surface area contributed by atoms with Crippen molar-refractivity contribution in [3.63, 3.8) is 0 Å². The molecule has 0 aromatic heterocycles. The van der Waals surface area contributed by atoms with Gasteiger partial charge in [0.05, 0.1) is 16.6 Å². The first-order valence-corrected chi connectivity index (χ1v) is 10.1. The van der Waals surface area contributed by atoms with Crippen molar-refractivity contribution in [1.29, 1.82) is 0 Å². The van der Waals surface area contributed by atoms with E-state index >= 15 is 0 Å². The summed E-state index contributed by atoms with van der Waals surface area (Å²) in [5.74, 6) is 0.150. The topological polar surface area (TPSA) is 66.8 Å². The first kappa shape index (κ1) is 17.8. The van der Waals surface area contributed by atoms with Crippen molar-refractivity contribution < 1.29 is 19.7 Å². The van der Waals surface area contributed by atoms with Gasteiger partial charge >= 0.3 is 5.97 Å². The summed E-state index contributed by atoms with van der Waals surface area (Å²) in [5, 5.41) is 21.2. The van der Waals surface area contributed by atoms with Gasteiger partial charge in [-0.05, 0) is 87.9 Å². The minimum atomic E-state index is -0.773. The molecule has 0 amide bonds. The number of hydrogen-bond acceptors (Lipinski definition) is 3. The number of carboxylic acids is 1. The van der Waals surface area contributed by atoms with E-state index in [1.165, 1.54) is 0 Å². The summed E-state index contributed by atoms with van der Waals surface area (Å²) < 4.78 is 5.93. The van der Waals surface area contributed by atoms with E-state index in [2.05, 4.69) is 6.92 Å². The fraction of sp³-hybridized carbons (Fsp3) is 0.952. The second-order valence-electron chi connectivity index (χ2n) is 10.5. The van der Waals surface area contributed by atoms with Gasteiger partial charge in [-0.3, -0.25) is 4.79 Å². The molecule has 0 unspecified atom stereocenters. The minimum absolute atomic E-state index is 0.0734. The van der Waals surface area contributed by atoms with Crippen molar-refractivity contribution in [1.82, 2.24) is 0 Å². The molecule has 0 radical (unpaired) electrons. The van der Waals surface area contributed by atoms with Crippen molar-refractivity contribution in [3.05, 3.63) is 0 Å². The summed E-state index contributed by atoms with van der Waals surface area (Å²) >= 11 is 0. The van der Waals surface area contributed by atoms with Gasteiger partial charge in [0.1, 0.15) is 0 Å². The van der Waals surface area contributed by atoms with E-state index in [-0.39, 0.29) is 16.7 Å². The quantitative estimate of drug-likeness (QED) is 0.790. The van der Waals surface area contributed by atoms with E-state index in [4.69, 9.17) is 4.74 Å². The van der Waals surface area contributed by atoms with Gasteiger partial charge in [0.25, 0.3) is 0 Å². The van der Waals surface area contributed by atoms with Crippen LogP contribution in [-0.4, -0.2) is 34.5 Å². The van der Waals surface area contributed by atoms with Crippen LogP contribution in [0.2, 0.25) is 0 Å². The monoisotopic (exact) mass is 350 g/mol. The number of methoxy groups -OCH3 is 1. The lowest BCUT2D eigenvalue weighted by Crippen LogP contribution is -2.59. The standard InChI is InChI=1S/C21H34O4/c1-17-8-5-9-18(2,16(22)23)14(17)6-10-20-12-19(3,24)21(13-20,25-4)11-7-15(17)20/h14-15,24H,5-13H2,1-4H3,(H,22,23)/t14-,15-,17+,18+,19+,20+,21-/m0/s1. The SMILES string of the molecule is CO[C@@]12CC[C@@H]3[C@@](CC[C@H]4[C@@]3(C)CCC[C@@]4(C)C(=O)O)(C1)C[C@@]2(C)O. The summed E-state index contributed by atoms with van der Waals surface area (Å²) in [6.07, 6.45) is 8.69. The van der Waals surface area contributed by atoms with Crippen molar-refractivity contribution in [2.24, 2.45) is 28.1 Å². The highest BCUT2D eigenvalue weighted by atomic mass is 16.5. The molecule has 0 aromatic carbocycles. The van der Waals surface area contributed by atoms with Gasteiger partial charge < -0.3 is 14.9 Å². The van der Waals surface area contributed by atoms with Crippen molar-refractivity contribution in [3.8, 4) is 0 Å². The number of rotatable bonds is 2. The highest BCUT2D eigenvalue weighted by Gasteiger charge is 2.72. The van der Waals surface area contributed by atoms with Gasteiger partial charge in [-0.1, -0.05) is 13.3 Å². The van der Waals surface area contributed by atoms with E-state index in [0.29, 0.717) is 5.92 Å². The summed E-state index contributed by atoms with van der Waals surface area (Å²) in [6.45, 7) is 6.32. The molecule has 0 aliphatic heterocycles. The molecule has 4 fully saturated rings. The zero-order valence-electron chi connectivity index (χ0n) is 16.2. The summed E-state index contributed by atoms with van der Waals surface area (Å²) in [4.78, 5) is 12.1. The molecule has 4 heteroatoms. The molecule has 25 heavy (non-hydrogen) atoms. The van der Waals surface area contributed by atoms with Crippen LogP contribution in [-0.2, 0) is 9.53 Å². The maximum atomic E-state index is 12.1. The van der Waals surface area contributed by atoms with Crippen LogP contribution in [0.3, 0.4) is 0 Å². The number of aliphatic carboxylic acids is 1. The molecule has 1 spiro atoms. The number of aliphatic hydroxyl groups is 1. The average molecular weight is 350 g/mol. The molecule has 2 bridgehead atoms. The van der Waals surface area contributed by atoms with E-state index in [1.54, 1.807) is 7.11 Å². The zero-order chi connectivity index (χ0) is 18.3. The first-order valence-electron chi connectivity index (χ1n) is 10.1.